The fourth-order valence-corrected chi connectivity index (χ4v) is 4.22. The molecule has 0 unspecified atom stereocenters. The number of benzene rings is 2. The number of hydrogen-bond donors (Lipinski definition) is 2. The molecular formula is C23H21BrN6O2. The Bertz CT molecular complexity index is 1340. The summed E-state index contributed by atoms with van der Waals surface area (Å²) in [7, 11) is 0. The van der Waals surface area contributed by atoms with Crippen LogP contribution in [-0.4, -0.2) is 46.0 Å². The molecule has 1 atom stereocenters. The fourth-order valence-electron chi connectivity index (χ4n) is 3.80. The first-order valence-corrected chi connectivity index (χ1v) is 11.2. The minimum atomic E-state index is -0.316. The van der Waals surface area contributed by atoms with E-state index in [-0.39, 0.29) is 23.4 Å². The highest BCUT2D eigenvalue weighted by molar-refractivity contribution is 9.10. The number of nitrogens with two attached hydrogens (primary N) is 1. The Morgan fingerprint density at radius 2 is 2.06 bits per heavy atom. The Balaban J connectivity index is 1.59. The maximum atomic E-state index is 13.1. The number of fused-ring (bicyclic) bond motifs is 2. The van der Waals surface area contributed by atoms with Crippen molar-refractivity contribution in [1.29, 1.82) is 0 Å². The largest absolute Gasteiger partial charge is 0.383 e. The Kier molecular flexibility index (Phi) is 5.59. The summed E-state index contributed by atoms with van der Waals surface area (Å²) in [4.78, 5) is 22.5. The molecule has 0 radical (unpaired) electrons. The number of carbonyl (C=O) groups excluding carboxylic acids is 1. The van der Waals surface area contributed by atoms with E-state index in [1.54, 1.807) is 6.21 Å². The molecule has 0 spiro atoms. The number of para-hydroxylation sites is 2. The molecule has 0 saturated carbocycles. The first-order valence-electron chi connectivity index (χ1n) is 10.4. The predicted octanol–water partition coefficient (Wildman–Crippen LogP) is 3.72. The number of hydrogen-bond acceptors (Lipinski definition) is 6. The van der Waals surface area contributed by atoms with Gasteiger partial charge in [0, 0.05) is 17.6 Å². The van der Waals surface area contributed by atoms with Crippen LogP contribution in [0.2, 0.25) is 0 Å². The van der Waals surface area contributed by atoms with Crippen molar-refractivity contribution in [2.75, 3.05) is 18.9 Å². The number of aromatic nitrogens is 3. The van der Waals surface area contributed by atoms with Crippen LogP contribution in [0.5, 0.6) is 0 Å². The third kappa shape index (κ3) is 3.96. The minimum absolute atomic E-state index is 0.0231. The van der Waals surface area contributed by atoms with Gasteiger partial charge in [-0.3, -0.25) is 4.79 Å². The van der Waals surface area contributed by atoms with E-state index in [1.165, 1.54) is 4.68 Å². The van der Waals surface area contributed by atoms with E-state index in [2.05, 4.69) is 26.3 Å². The van der Waals surface area contributed by atoms with Crippen LogP contribution >= 0.6 is 15.9 Å². The molecule has 1 aliphatic heterocycles. The molecule has 0 aliphatic carbocycles. The number of carbonyl (C=O) groups is 1. The van der Waals surface area contributed by atoms with Gasteiger partial charge in [0.1, 0.15) is 16.9 Å². The van der Waals surface area contributed by atoms with Crippen molar-refractivity contribution in [3.05, 3.63) is 64.1 Å². The second-order valence-electron chi connectivity index (χ2n) is 7.60. The molecule has 8 nitrogen and oxygen atoms in total. The van der Waals surface area contributed by atoms with Crippen molar-refractivity contribution in [3.63, 3.8) is 0 Å². The number of nitrogens with one attached hydrogen (secondary N) is 1. The van der Waals surface area contributed by atoms with Gasteiger partial charge in [-0.25, -0.2) is 9.97 Å². The lowest BCUT2D eigenvalue weighted by atomic mass is 10.2. The van der Waals surface area contributed by atoms with E-state index in [1.807, 2.05) is 48.5 Å². The van der Waals surface area contributed by atoms with Crippen molar-refractivity contribution in [1.82, 2.24) is 20.0 Å². The number of nitrogen functional groups attached to an aromatic ring is 1. The van der Waals surface area contributed by atoms with Gasteiger partial charge in [-0.2, -0.15) is 9.78 Å². The SMILES string of the molecule is Nc1c(C(=O)NC[C@@H]2CCCO2)c2nc3ccccc3nc2n1/N=C\c1cccc(Br)c1. The monoisotopic (exact) mass is 492 g/mol. The molecule has 162 valence electrons. The van der Waals surface area contributed by atoms with Crippen LogP contribution in [0.3, 0.4) is 0 Å². The van der Waals surface area contributed by atoms with E-state index < -0.39 is 0 Å². The van der Waals surface area contributed by atoms with E-state index in [0.29, 0.717) is 28.7 Å². The molecule has 1 saturated heterocycles. The second kappa shape index (κ2) is 8.68. The lowest BCUT2D eigenvalue weighted by molar-refractivity contribution is 0.0859. The van der Waals surface area contributed by atoms with Gasteiger partial charge in [-0.15, -0.1) is 0 Å². The zero-order chi connectivity index (χ0) is 22.1. The van der Waals surface area contributed by atoms with E-state index >= 15 is 0 Å². The molecule has 5 rings (SSSR count). The van der Waals surface area contributed by atoms with Crippen molar-refractivity contribution in [3.8, 4) is 0 Å². The molecule has 1 fully saturated rings. The maximum Gasteiger partial charge on any atom is 0.257 e. The van der Waals surface area contributed by atoms with Crippen LogP contribution in [0.1, 0.15) is 28.8 Å². The Morgan fingerprint density at radius 3 is 2.81 bits per heavy atom. The van der Waals surface area contributed by atoms with Gasteiger partial charge in [0.15, 0.2) is 5.65 Å². The molecule has 1 aliphatic rings. The van der Waals surface area contributed by atoms with E-state index in [4.69, 9.17) is 20.4 Å². The summed E-state index contributed by atoms with van der Waals surface area (Å²) in [6, 6.07) is 15.2. The number of rotatable bonds is 5. The summed E-state index contributed by atoms with van der Waals surface area (Å²) in [5, 5.41) is 7.46. The maximum absolute atomic E-state index is 13.1. The van der Waals surface area contributed by atoms with Gasteiger partial charge < -0.3 is 15.8 Å². The summed E-state index contributed by atoms with van der Waals surface area (Å²) < 4.78 is 8.02. The van der Waals surface area contributed by atoms with Crippen molar-refractivity contribution in [2.24, 2.45) is 5.10 Å². The summed E-state index contributed by atoms with van der Waals surface area (Å²) in [5.41, 5.74) is 9.78. The summed E-state index contributed by atoms with van der Waals surface area (Å²) in [6.45, 7) is 1.15. The topological polar surface area (TPSA) is 107 Å². The fraction of sp³-hybridized carbons (Fsp3) is 0.217. The minimum Gasteiger partial charge on any atom is -0.383 e. The molecule has 4 aromatic rings. The molecule has 32 heavy (non-hydrogen) atoms. The normalized spacial score (nSPS) is 16.3. The highest BCUT2D eigenvalue weighted by Crippen LogP contribution is 2.28. The van der Waals surface area contributed by atoms with Gasteiger partial charge in [0.2, 0.25) is 0 Å². The number of anilines is 1. The van der Waals surface area contributed by atoms with Crippen LogP contribution in [0.25, 0.3) is 22.2 Å². The highest BCUT2D eigenvalue weighted by atomic mass is 79.9. The van der Waals surface area contributed by atoms with Crippen molar-refractivity contribution in [2.45, 2.75) is 18.9 Å². The number of ether oxygens (including phenoxy) is 1. The summed E-state index contributed by atoms with van der Waals surface area (Å²) in [5.74, 6) is -0.129. The molecular weight excluding hydrogens is 472 g/mol. The molecule has 2 aromatic carbocycles. The zero-order valence-electron chi connectivity index (χ0n) is 17.2. The van der Waals surface area contributed by atoms with Gasteiger partial charge in [-0.05, 0) is 42.7 Å². The van der Waals surface area contributed by atoms with Gasteiger partial charge in [0.25, 0.3) is 5.91 Å². The Hall–Kier alpha value is -3.30. The molecule has 1 amide bonds. The molecule has 3 N–H and O–H groups in total. The lowest BCUT2D eigenvalue weighted by Gasteiger charge is -2.10. The smallest absolute Gasteiger partial charge is 0.257 e. The third-order valence-electron chi connectivity index (χ3n) is 5.39. The summed E-state index contributed by atoms with van der Waals surface area (Å²) in [6.07, 6.45) is 3.63. The van der Waals surface area contributed by atoms with Crippen LogP contribution in [-0.2, 0) is 4.74 Å². The van der Waals surface area contributed by atoms with Crippen LogP contribution in [0.4, 0.5) is 5.82 Å². The highest BCUT2D eigenvalue weighted by Gasteiger charge is 2.25. The quantitative estimate of drug-likeness (QED) is 0.412. The molecule has 2 aromatic heterocycles. The average Bonchev–Trinajstić information content (AvgIpc) is 3.40. The number of amides is 1. The van der Waals surface area contributed by atoms with Crippen LogP contribution in [0.15, 0.2) is 58.1 Å². The van der Waals surface area contributed by atoms with Crippen molar-refractivity contribution >= 4 is 56.1 Å². The first kappa shape index (κ1) is 20.6. The van der Waals surface area contributed by atoms with E-state index in [0.717, 1.165) is 29.5 Å². The average molecular weight is 493 g/mol. The number of halogens is 1. The Morgan fingerprint density at radius 1 is 1.25 bits per heavy atom. The second-order valence-corrected chi connectivity index (χ2v) is 8.52. The molecule has 3 heterocycles. The third-order valence-corrected chi connectivity index (χ3v) is 5.88. The predicted molar refractivity (Wildman–Crippen MR) is 128 cm³/mol. The first-order chi connectivity index (χ1) is 15.6. The molecule has 9 heteroatoms. The van der Waals surface area contributed by atoms with E-state index in [9.17, 15) is 4.79 Å². The van der Waals surface area contributed by atoms with Gasteiger partial charge in [0.05, 0.1) is 23.4 Å². The lowest BCUT2D eigenvalue weighted by Crippen LogP contribution is -2.32. The standard InChI is InChI=1S/C23H21BrN6O2/c24-15-6-3-5-14(11-15)12-27-30-21(25)19(23(31)26-13-16-7-4-10-32-16)20-22(30)29-18-9-2-1-8-17(18)28-20/h1-3,5-6,8-9,11-12,16H,4,7,10,13,25H2,(H,26,31)/b27-12-/t16-/m0/s1. The number of nitrogens with zero attached hydrogens (tertiary/aromatic N) is 4. The van der Waals surface area contributed by atoms with Gasteiger partial charge in [-0.1, -0.05) is 40.2 Å². The summed E-state index contributed by atoms with van der Waals surface area (Å²) >= 11 is 3.46. The Labute approximate surface area is 192 Å². The zero-order valence-corrected chi connectivity index (χ0v) is 18.7. The van der Waals surface area contributed by atoms with Crippen LogP contribution < -0.4 is 11.1 Å². The molecule has 0 bridgehead atoms. The van der Waals surface area contributed by atoms with Crippen molar-refractivity contribution < 1.29 is 9.53 Å². The van der Waals surface area contributed by atoms with Gasteiger partial charge >= 0.3 is 0 Å². The van der Waals surface area contributed by atoms with Crippen LogP contribution in [0, 0.1) is 0 Å².